The first-order valence-electron chi connectivity index (χ1n) is 7.39. The fraction of sp³-hybridized carbons (Fsp3) is 0.812. The summed E-state index contributed by atoms with van der Waals surface area (Å²) in [6, 6.07) is -0.197. The van der Waals surface area contributed by atoms with Crippen LogP contribution in [0.1, 0.15) is 41.0 Å². The standard InChI is InChI=1S/C16H29NO3/c1-8-16(19-7)14(17-12(6)18)13(9-10(2)3)20-15(16)11(4)5/h8,10-11,13-15H,1,9H2,2-7H3,(H,17,18)/t13-,14+,15+,16-/m1/s1. The Morgan fingerprint density at radius 2 is 2.05 bits per heavy atom. The van der Waals surface area contributed by atoms with Gasteiger partial charge < -0.3 is 14.8 Å². The largest absolute Gasteiger partial charge is 0.369 e. The van der Waals surface area contributed by atoms with Crippen molar-refractivity contribution in [3.05, 3.63) is 12.7 Å². The minimum atomic E-state index is -0.667. The first-order chi connectivity index (χ1) is 9.28. The normalized spacial score (nSPS) is 33.7. The van der Waals surface area contributed by atoms with Crippen LogP contribution >= 0.6 is 0 Å². The van der Waals surface area contributed by atoms with Gasteiger partial charge in [-0.05, 0) is 18.3 Å². The predicted octanol–water partition coefficient (Wildman–Crippen LogP) is 2.53. The molecule has 20 heavy (non-hydrogen) atoms. The number of nitrogens with one attached hydrogen (secondary N) is 1. The zero-order valence-corrected chi connectivity index (χ0v) is 13.6. The van der Waals surface area contributed by atoms with E-state index in [2.05, 4.69) is 39.6 Å². The molecule has 0 aromatic carbocycles. The summed E-state index contributed by atoms with van der Waals surface area (Å²) in [7, 11) is 1.66. The van der Waals surface area contributed by atoms with E-state index >= 15 is 0 Å². The Balaban J connectivity index is 3.16. The number of carbonyl (C=O) groups is 1. The molecular formula is C16H29NO3. The maximum atomic E-state index is 11.6. The maximum Gasteiger partial charge on any atom is 0.217 e. The highest BCUT2D eigenvalue weighted by molar-refractivity contribution is 5.73. The molecule has 0 radical (unpaired) electrons. The van der Waals surface area contributed by atoms with E-state index in [1.807, 2.05) is 0 Å². The van der Waals surface area contributed by atoms with Gasteiger partial charge in [-0.15, -0.1) is 6.58 Å². The summed E-state index contributed by atoms with van der Waals surface area (Å²) in [5, 5.41) is 3.01. The van der Waals surface area contributed by atoms with Crippen molar-refractivity contribution in [1.29, 1.82) is 0 Å². The van der Waals surface area contributed by atoms with E-state index in [1.54, 1.807) is 13.2 Å². The number of ether oxygens (including phenoxy) is 2. The van der Waals surface area contributed by atoms with Crippen LogP contribution in [0.2, 0.25) is 0 Å². The van der Waals surface area contributed by atoms with Crippen LogP contribution in [0.3, 0.4) is 0 Å². The summed E-state index contributed by atoms with van der Waals surface area (Å²) < 4.78 is 12.0. The Kier molecular flexibility index (Phi) is 5.78. The molecule has 116 valence electrons. The van der Waals surface area contributed by atoms with Crippen LogP contribution in [0, 0.1) is 11.8 Å². The van der Waals surface area contributed by atoms with Crippen molar-refractivity contribution in [2.75, 3.05) is 7.11 Å². The SMILES string of the molecule is C=C[C@]1(OC)[C@H](C(C)C)O[C@H](CC(C)C)[C@@H]1NC(C)=O. The van der Waals surface area contributed by atoms with Gasteiger partial charge in [-0.3, -0.25) is 4.79 Å². The van der Waals surface area contributed by atoms with Gasteiger partial charge >= 0.3 is 0 Å². The van der Waals surface area contributed by atoms with E-state index < -0.39 is 5.60 Å². The summed E-state index contributed by atoms with van der Waals surface area (Å²) in [5.41, 5.74) is -0.667. The molecule has 1 rings (SSSR count). The third-order valence-corrected chi connectivity index (χ3v) is 3.96. The highest BCUT2D eigenvalue weighted by Crippen LogP contribution is 2.40. The monoisotopic (exact) mass is 283 g/mol. The third-order valence-electron chi connectivity index (χ3n) is 3.96. The summed E-state index contributed by atoms with van der Waals surface area (Å²) in [5.74, 6) is 0.697. The van der Waals surface area contributed by atoms with E-state index in [-0.39, 0.29) is 30.1 Å². The number of carbonyl (C=O) groups excluding carboxylic acids is 1. The van der Waals surface area contributed by atoms with Gasteiger partial charge in [0.2, 0.25) is 5.91 Å². The first kappa shape index (κ1) is 17.2. The Morgan fingerprint density at radius 3 is 2.40 bits per heavy atom. The van der Waals surface area contributed by atoms with Crippen molar-refractivity contribution in [2.45, 2.75) is 64.9 Å². The van der Waals surface area contributed by atoms with Crippen molar-refractivity contribution in [2.24, 2.45) is 11.8 Å². The average Bonchev–Trinajstić information content (AvgIpc) is 2.63. The zero-order chi connectivity index (χ0) is 15.5. The Bertz CT molecular complexity index is 354. The van der Waals surface area contributed by atoms with Crippen LogP contribution in [0.15, 0.2) is 12.7 Å². The molecule has 0 aromatic rings. The second-order valence-corrected chi connectivity index (χ2v) is 6.41. The molecule has 1 fully saturated rings. The quantitative estimate of drug-likeness (QED) is 0.762. The highest BCUT2D eigenvalue weighted by Gasteiger charge is 2.56. The van der Waals surface area contributed by atoms with Crippen LogP contribution in [0.25, 0.3) is 0 Å². The Morgan fingerprint density at radius 1 is 1.45 bits per heavy atom. The number of hydrogen-bond acceptors (Lipinski definition) is 3. The van der Waals surface area contributed by atoms with Crippen molar-refractivity contribution >= 4 is 5.91 Å². The number of amides is 1. The molecular weight excluding hydrogens is 254 g/mol. The molecule has 1 saturated heterocycles. The number of rotatable bonds is 6. The van der Waals surface area contributed by atoms with Gasteiger partial charge in [0.15, 0.2) is 0 Å². The average molecular weight is 283 g/mol. The fourth-order valence-corrected chi connectivity index (χ4v) is 3.17. The van der Waals surface area contributed by atoms with Crippen LogP contribution in [0.4, 0.5) is 0 Å². The lowest BCUT2D eigenvalue weighted by molar-refractivity contribution is -0.121. The van der Waals surface area contributed by atoms with Gasteiger partial charge in [-0.2, -0.15) is 0 Å². The molecule has 0 aliphatic carbocycles. The van der Waals surface area contributed by atoms with Crippen molar-refractivity contribution in [3.63, 3.8) is 0 Å². The van der Waals surface area contributed by atoms with E-state index in [0.717, 1.165) is 6.42 Å². The molecule has 1 amide bonds. The lowest BCUT2D eigenvalue weighted by Gasteiger charge is -2.36. The van der Waals surface area contributed by atoms with Crippen LogP contribution in [-0.4, -0.2) is 36.9 Å². The maximum absolute atomic E-state index is 11.6. The van der Waals surface area contributed by atoms with Gasteiger partial charge in [-0.1, -0.05) is 33.8 Å². The van der Waals surface area contributed by atoms with E-state index in [9.17, 15) is 4.79 Å². The van der Waals surface area contributed by atoms with E-state index in [0.29, 0.717) is 5.92 Å². The lowest BCUT2D eigenvalue weighted by Crippen LogP contribution is -2.57. The fourth-order valence-electron chi connectivity index (χ4n) is 3.17. The van der Waals surface area contributed by atoms with Gasteiger partial charge in [0.05, 0.1) is 18.2 Å². The Labute approximate surface area is 122 Å². The first-order valence-corrected chi connectivity index (χ1v) is 7.39. The van der Waals surface area contributed by atoms with Crippen LogP contribution in [0.5, 0.6) is 0 Å². The smallest absolute Gasteiger partial charge is 0.217 e. The van der Waals surface area contributed by atoms with Gasteiger partial charge in [0, 0.05) is 14.0 Å². The molecule has 0 saturated carbocycles. The van der Waals surface area contributed by atoms with Crippen molar-refractivity contribution in [1.82, 2.24) is 5.32 Å². The number of hydrogen-bond donors (Lipinski definition) is 1. The summed E-state index contributed by atoms with van der Waals surface area (Å²) in [6.07, 6.45) is 2.51. The van der Waals surface area contributed by atoms with Crippen LogP contribution in [-0.2, 0) is 14.3 Å². The summed E-state index contributed by atoms with van der Waals surface area (Å²) >= 11 is 0. The molecule has 4 heteroatoms. The number of methoxy groups -OCH3 is 1. The molecule has 0 spiro atoms. The molecule has 1 aliphatic heterocycles. The van der Waals surface area contributed by atoms with E-state index in [4.69, 9.17) is 9.47 Å². The zero-order valence-electron chi connectivity index (χ0n) is 13.6. The van der Waals surface area contributed by atoms with E-state index in [1.165, 1.54) is 6.92 Å². The van der Waals surface area contributed by atoms with Gasteiger partial charge in [0.25, 0.3) is 0 Å². The summed E-state index contributed by atoms with van der Waals surface area (Å²) in [4.78, 5) is 11.6. The molecule has 4 nitrogen and oxygen atoms in total. The molecule has 4 atom stereocenters. The van der Waals surface area contributed by atoms with Crippen LogP contribution < -0.4 is 5.32 Å². The highest BCUT2D eigenvalue weighted by atomic mass is 16.6. The second kappa shape index (κ2) is 6.72. The minimum Gasteiger partial charge on any atom is -0.369 e. The molecule has 1 heterocycles. The molecule has 1 N–H and O–H groups in total. The lowest BCUT2D eigenvalue weighted by atomic mass is 9.82. The van der Waals surface area contributed by atoms with Gasteiger partial charge in [-0.25, -0.2) is 0 Å². The topological polar surface area (TPSA) is 47.6 Å². The summed E-state index contributed by atoms with van der Waals surface area (Å²) in [6.45, 7) is 14.0. The molecule has 1 aliphatic rings. The predicted molar refractivity (Wildman–Crippen MR) is 80.5 cm³/mol. The minimum absolute atomic E-state index is 0.0516. The second-order valence-electron chi connectivity index (χ2n) is 6.41. The Hall–Kier alpha value is -0.870. The van der Waals surface area contributed by atoms with Gasteiger partial charge in [0.1, 0.15) is 5.60 Å². The molecule has 0 unspecified atom stereocenters. The van der Waals surface area contributed by atoms with Crippen molar-refractivity contribution in [3.8, 4) is 0 Å². The molecule has 0 bridgehead atoms. The third kappa shape index (κ3) is 3.23. The molecule has 0 aromatic heterocycles. The van der Waals surface area contributed by atoms with Crippen molar-refractivity contribution < 1.29 is 14.3 Å².